The van der Waals surface area contributed by atoms with Gasteiger partial charge in [-0.15, -0.1) is 0 Å². The number of amides is 2. The largest absolute Gasteiger partial charge is 0.378 e. The number of rotatable bonds is 6. The predicted octanol–water partition coefficient (Wildman–Crippen LogP) is 2.27. The molecule has 2 N–H and O–H groups in total. The molecule has 0 bridgehead atoms. The van der Waals surface area contributed by atoms with E-state index in [1.165, 1.54) is 0 Å². The number of aromatic nitrogens is 2. The molecule has 1 aromatic carbocycles. The summed E-state index contributed by atoms with van der Waals surface area (Å²) in [5.74, 6) is 0.356. The topological polar surface area (TPSA) is 108 Å². The first-order valence-corrected chi connectivity index (χ1v) is 11.1. The van der Waals surface area contributed by atoms with Crippen molar-refractivity contribution in [2.24, 2.45) is 0 Å². The Balaban J connectivity index is 1.37. The van der Waals surface area contributed by atoms with Gasteiger partial charge in [0.25, 0.3) is 5.56 Å². The van der Waals surface area contributed by atoms with Gasteiger partial charge in [0.15, 0.2) is 0 Å². The van der Waals surface area contributed by atoms with Gasteiger partial charge in [-0.05, 0) is 38.0 Å². The highest BCUT2D eigenvalue weighted by Crippen LogP contribution is 2.31. The molecule has 2 aliphatic heterocycles. The third kappa shape index (κ3) is 4.94. The van der Waals surface area contributed by atoms with Gasteiger partial charge >= 0.3 is 0 Å². The number of nitrogens with one attached hydrogen (secondary N) is 2. The minimum absolute atomic E-state index is 0.0533. The zero-order chi connectivity index (χ0) is 22.7. The average Bonchev–Trinajstić information content (AvgIpc) is 3.19. The molecular formula is C22H26ClN5O4. The van der Waals surface area contributed by atoms with Crippen molar-refractivity contribution in [3.63, 3.8) is 0 Å². The lowest BCUT2D eigenvalue weighted by molar-refractivity contribution is -0.117. The molecule has 0 saturated carbocycles. The Hall–Kier alpha value is -2.91. The summed E-state index contributed by atoms with van der Waals surface area (Å²) < 4.78 is 5.33. The van der Waals surface area contributed by atoms with Crippen molar-refractivity contribution < 1.29 is 14.3 Å². The summed E-state index contributed by atoms with van der Waals surface area (Å²) in [6, 6.07) is 5.10. The number of morpholine rings is 1. The third-order valence-electron chi connectivity index (χ3n) is 5.72. The molecule has 0 spiro atoms. The standard InChI is InChI=1S/C22H26ClN5O4/c1-14-16(21(31)26-22(24-14)27-9-11-32-12-10-27)5-7-19(29)25-15-4-6-18(17(23)13-15)28-8-2-3-20(28)30/h4,6,13H,2-3,5,7-12H2,1H3,(H,25,29)(H,24,26,31). The number of H-pyrrole nitrogens is 1. The van der Waals surface area contributed by atoms with Crippen LogP contribution in [0.1, 0.15) is 30.5 Å². The molecule has 0 aliphatic carbocycles. The molecule has 3 heterocycles. The van der Waals surface area contributed by atoms with Crippen molar-refractivity contribution in [2.75, 3.05) is 48.0 Å². The molecule has 2 aromatic rings. The summed E-state index contributed by atoms with van der Waals surface area (Å²) in [7, 11) is 0. The van der Waals surface area contributed by atoms with Crippen LogP contribution < -0.4 is 20.7 Å². The molecule has 1 aromatic heterocycles. The van der Waals surface area contributed by atoms with Crippen LogP contribution in [0.5, 0.6) is 0 Å². The summed E-state index contributed by atoms with van der Waals surface area (Å²) in [4.78, 5) is 48.0. The second-order valence-corrected chi connectivity index (χ2v) is 8.32. The van der Waals surface area contributed by atoms with Gasteiger partial charge in [-0.1, -0.05) is 11.6 Å². The van der Waals surface area contributed by atoms with E-state index in [-0.39, 0.29) is 30.2 Å². The summed E-state index contributed by atoms with van der Waals surface area (Å²) >= 11 is 6.34. The first kappa shape index (κ1) is 22.3. The van der Waals surface area contributed by atoms with Crippen LogP contribution in [0.15, 0.2) is 23.0 Å². The number of halogens is 1. The molecule has 2 aliphatic rings. The molecule has 10 heteroatoms. The van der Waals surface area contributed by atoms with E-state index in [4.69, 9.17) is 16.3 Å². The van der Waals surface area contributed by atoms with E-state index in [0.717, 1.165) is 6.42 Å². The molecule has 0 radical (unpaired) electrons. The van der Waals surface area contributed by atoms with E-state index < -0.39 is 0 Å². The first-order valence-electron chi connectivity index (χ1n) is 10.7. The fraction of sp³-hybridized carbons (Fsp3) is 0.455. The SMILES string of the molecule is Cc1nc(N2CCOCC2)[nH]c(=O)c1CCC(=O)Nc1ccc(N2CCCC2=O)c(Cl)c1. The van der Waals surface area contributed by atoms with E-state index in [2.05, 4.69) is 15.3 Å². The van der Waals surface area contributed by atoms with Crippen LogP contribution in [0.25, 0.3) is 0 Å². The Morgan fingerprint density at radius 2 is 2.03 bits per heavy atom. The predicted molar refractivity (Wildman–Crippen MR) is 123 cm³/mol. The number of benzene rings is 1. The lowest BCUT2D eigenvalue weighted by Gasteiger charge is -2.27. The molecule has 0 unspecified atom stereocenters. The quantitative estimate of drug-likeness (QED) is 0.686. The molecule has 0 atom stereocenters. The molecular weight excluding hydrogens is 434 g/mol. The molecule has 2 saturated heterocycles. The smallest absolute Gasteiger partial charge is 0.255 e. The van der Waals surface area contributed by atoms with Crippen molar-refractivity contribution >= 4 is 40.7 Å². The Morgan fingerprint density at radius 3 is 2.69 bits per heavy atom. The van der Waals surface area contributed by atoms with Crippen LogP contribution in [0.4, 0.5) is 17.3 Å². The molecule has 2 fully saturated rings. The maximum atomic E-state index is 12.6. The van der Waals surface area contributed by atoms with Crippen LogP contribution in [-0.4, -0.2) is 54.6 Å². The van der Waals surface area contributed by atoms with Crippen LogP contribution in [-0.2, 0) is 20.7 Å². The van der Waals surface area contributed by atoms with Crippen LogP contribution in [0, 0.1) is 6.92 Å². The Labute approximate surface area is 190 Å². The van der Waals surface area contributed by atoms with E-state index in [1.54, 1.807) is 30.0 Å². The number of carbonyl (C=O) groups is 2. The molecule has 32 heavy (non-hydrogen) atoms. The van der Waals surface area contributed by atoms with Gasteiger partial charge in [0.2, 0.25) is 17.8 Å². The van der Waals surface area contributed by atoms with E-state index >= 15 is 0 Å². The zero-order valence-corrected chi connectivity index (χ0v) is 18.7. The number of anilines is 3. The molecule has 170 valence electrons. The number of aryl methyl sites for hydroxylation is 1. The number of ether oxygens (including phenoxy) is 1. The van der Waals surface area contributed by atoms with E-state index in [0.29, 0.717) is 72.9 Å². The van der Waals surface area contributed by atoms with Gasteiger partial charge in [-0.3, -0.25) is 19.4 Å². The van der Waals surface area contributed by atoms with Crippen molar-refractivity contribution in [2.45, 2.75) is 32.6 Å². The Morgan fingerprint density at radius 1 is 1.25 bits per heavy atom. The number of hydrogen-bond donors (Lipinski definition) is 2. The summed E-state index contributed by atoms with van der Waals surface area (Å²) in [6.45, 7) is 4.99. The summed E-state index contributed by atoms with van der Waals surface area (Å²) in [6.07, 6.45) is 1.74. The Bertz CT molecular complexity index is 1080. The highest BCUT2D eigenvalue weighted by molar-refractivity contribution is 6.34. The third-order valence-corrected chi connectivity index (χ3v) is 6.02. The molecule has 9 nitrogen and oxygen atoms in total. The maximum absolute atomic E-state index is 12.6. The summed E-state index contributed by atoms with van der Waals surface area (Å²) in [5, 5.41) is 3.21. The van der Waals surface area contributed by atoms with Gasteiger partial charge in [-0.25, -0.2) is 4.98 Å². The van der Waals surface area contributed by atoms with Gasteiger partial charge in [0.1, 0.15) is 0 Å². The number of aromatic amines is 1. The highest BCUT2D eigenvalue weighted by atomic mass is 35.5. The molecule has 4 rings (SSSR count). The van der Waals surface area contributed by atoms with Crippen LogP contribution in [0.3, 0.4) is 0 Å². The normalized spacial score (nSPS) is 16.5. The highest BCUT2D eigenvalue weighted by Gasteiger charge is 2.23. The van der Waals surface area contributed by atoms with Gasteiger partial charge in [0, 0.05) is 49.4 Å². The Kier molecular flexibility index (Phi) is 6.76. The van der Waals surface area contributed by atoms with Crippen molar-refractivity contribution in [3.8, 4) is 0 Å². The second-order valence-electron chi connectivity index (χ2n) is 7.92. The first-order chi connectivity index (χ1) is 15.4. The fourth-order valence-corrected chi connectivity index (χ4v) is 4.27. The van der Waals surface area contributed by atoms with Crippen molar-refractivity contribution in [1.29, 1.82) is 0 Å². The van der Waals surface area contributed by atoms with Crippen molar-refractivity contribution in [1.82, 2.24) is 9.97 Å². The minimum atomic E-state index is -0.234. The van der Waals surface area contributed by atoms with Gasteiger partial charge in [0.05, 0.1) is 23.9 Å². The van der Waals surface area contributed by atoms with E-state index in [9.17, 15) is 14.4 Å². The van der Waals surface area contributed by atoms with Gasteiger partial charge in [-0.2, -0.15) is 0 Å². The van der Waals surface area contributed by atoms with E-state index in [1.807, 2.05) is 4.90 Å². The number of carbonyl (C=O) groups excluding carboxylic acids is 2. The summed E-state index contributed by atoms with van der Waals surface area (Å²) in [5.41, 5.74) is 2.08. The maximum Gasteiger partial charge on any atom is 0.255 e. The monoisotopic (exact) mass is 459 g/mol. The second kappa shape index (κ2) is 9.70. The lowest BCUT2D eigenvalue weighted by Crippen LogP contribution is -2.38. The number of nitrogens with zero attached hydrogens (tertiary/aromatic N) is 3. The zero-order valence-electron chi connectivity index (χ0n) is 17.9. The lowest BCUT2D eigenvalue weighted by atomic mass is 10.1. The van der Waals surface area contributed by atoms with Gasteiger partial charge < -0.3 is 19.9 Å². The average molecular weight is 460 g/mol. The minimum Gasteiger partial charge on any atom is -0.378 e. The van der Waals surface area contributed by atoms with Crippen LogP contribution >= 0.6 is 11.6 Å². The number of hydrogen-bond acceptors (Lipinski definition) is 6. The fourth-order valence-electron chi connectivity index (χ4n) is 3.98. The van der Waals surface area contributed by atoms with Crippen LogP contribution in [0.2, 0.25) is 5.02 Å². The van der Waals surface area contributed by atoms with Crippen molar-refractivity contribution in [3.05, 3.63) is 44.8 Å². The molecule has 2 amide bonds.